The van der Waals surface area contributed by atoms with E-state index >= 15 is 0 Å². The predicted octanol–water partition coefficient (Wildman–Crippen LogP) is 3.55. The lowest BCUT2D eigenvalue weighted by atomic mass is 10.0. The summed E-state index contributed by atoms with van der Waals surface area (Å²) in [6.45, 7) is 2.21. The van der Waals surface area contributed by atoms with E-state index in [0.717, 1.165) is 56.1 Å². The molecule has 0 radical (unpaired) electrons. The van der Waals surface area contributed by atoms with E-state index in [-0.39, 0.29) is 0 Å². The molecule has 2 aliphatic heterocycles. The van der Waals surface area contributed by atoms with Gasteiger partial charge in [0.1, 0.15) is 11.6 Å². The fourth-order valence-corrected chi connectivity index (χ4v) is 4.62. The Morgan fingerprint density at radius 1 is 0.800 bits per heavy atom. The second-order valence-corrected chi connectivity index (χ2v) is 8.69. The average Bonchev–Trinajstić information content (AvgIpc) is 3.57. The van der Waals surface area contributed by atoms with Crippen molar-refractivity contribution >= 4 is 0 Å². The van der Waals surface area contributed by atoms with Gasteiger partial charge in [0.25, 0.3) is 0 Å². The Bertz CT molecular complexity index is 852. The zero-order chi connectivity index (χ0) is 20.2. The van der Waals surface area contributed by atoms with Crippen molar-refractivity contribution in [2.45, 2.75) is 63.5 Å². The molecule has 30 heavy (non-hydrogen) atoms. The molecule has 2 aromatic heterocycles. The summed E-state index contributed by atoms with van der Waals surface area (Å²) in [6, 6.07) is 9.90. The van der Waals surface area contributed by atoms with Crippen molar-refractivity contribution in [3.05, 3.63) is 70.8 Å². The Kier molecular flexibility index (Phi) is 5.95. The zero-order valence-electron chi connectivity index (χ0n) is 17.6. The fourth-order valence-electron chi connectivity index (χ4n) is 4.62. The molecule has 2 aliphatic rings. The van der Waals surface area contributed by atoms with Crippen molar-refractivity contribution in [3.8, 4) is 0 Å². The largest absolute Gasteiger partial charge is 0.347 e. The topological polar surface area (TPSA) is 81.4 Å². The van der Waals surface area contributed by atoms with Crippen LogP contribution in [0.15, 0.2) is 36.7 Å². The fraction of sp³-hybridized carbons (Fsp3) is 0.500. The van der Waals surface area contributed by atoms with Crippen LogP contribution in [0.25, 0.3) is 0 Å². The molecule has 4 N–H and O–H groups in total. The summed E-state index contributed by atoms with van der Waals surface area (Å²) in [6.07, 6.45) is 13.0. The summed E-state index contributed by atoms with van der Waals surface area (Å²) in [4.78, 5) is 16.2. The molecule has 2 unspecified atom stereocenters. The molecular weight excluding hydrogens is 372 g/mol. The van der Waals surface area contributed by atoms with Gasteiger partial charge in [-0.05, 0) is 75.6 Å². The van der Waals surface area contributed by atoms with Crippen LogP contribution in [0.5, 0.6) is 0 Å². The summed E-state index contributed by atoms with van der Waals surface area (Å²) < 4.78 is 0. The van der Waals surface area contributed by atoms with Gasteiger partial charge >= 0.3 is 0 Å². The maximum absolute atomic E-state index is 4.79. The van der Waals surface area contributed by atoms with E-state index in [0.29, 0.717) is 12.1 Å². The second-order valence-electron chi connectivity index (χ2n) is 8.69. The smallest absolute Gasteiger partial charge is 0.123 e. The highest BCUT2D eigenvalue weighted by atomic mass is 15.0. The molecule has 5 rings (SSSR count). The van der Waals surface area contributed by atoms with E-state index < -0.39 is 0 Å². The molecule has 4 heterocycles. The first-order valence-electron chi connectivity index (χ1n) is 11.5. The highest BCUT2D eigenvalue weighted by Gasteiger charge is 2.19. The summed E-state index contributed by atoms with van der Waals surface area (Å²) in [5.41, 5.74) is 5.14. The molecular formula is C24H32N6. The molecule has 2 atom stereocenters. The van der Waals surface area contributed by atoms with Crippen LogP contribution in [0.2, 0.25) is 0 Å². The Morgan fingerprint density at radius 3 is 2.13 bits per heavy atom. The molecule has 6 nitrogen and oxygen atoms in total. The average molecular weight is 405 g/mol. The Hall–Kier alpha value is -2.44. The van der Waals surface area contributed by atoms with Gasteiger partial charge in [0.05, 0.1) is 17.8 Å². The van der Waals surface area contributed by atoms with Gasteiger partial charge in [0.15, 0.2) is 0 Å². The number of hydrogen-bond acceptors (Lipinski definition) is 4. The molecule has 3 aromatic rings. The van der Waals surface area contributed by atoms with Gasteiger partial charge in [-0.1, -0.05) is 24.3 Å². The van der Waals surface area contributed by atoms with E-state index in [1.165, 1.54) is 42.5 Å². The molecule has 158 valence electrons. The third kappa shape index (κ3) is 4.65. The van der Waals surface area contributed by atoms with Gasteiger partial charge in [-0.15, -0.1) is 0 Å². The molecule has 6 heteroatoms. The minimum absolute atomic E-state index is 0.415. The minimum Gasteiger partial charge on any atom is -0.347 e. The number of rotatable bonds is 8. The minimum atomic E-state index is 0.415. The van der Waals surface area contributed by atoms with Gasteiger partial charge in [-0.2, -0.15) is 0 Å². The quantitative estimate of drug-likeness (QED) is 0.463. The van der Waals surface area contributed by atoms with Crippen LogP contribution >= 0.6 is 0 Å². The van der Waals surface area contributed by atoms with Gasteiger partial charge in [-0.25, -0.2) is 9.97 Å². The van der Waals surface area contributed by atoms with Gasteiger partial charge in [0, 0.05) is 18.1 Å². The number of benzene rings is 1. The van der Waals surface area contributed by atoms with Crippen molar-refractivity contribution in [1.29, 1.82) is 0 Å². The molecule has 0 saturated carbocycles. The van der Waals surface area contributed by atoms with Gasteiger partial charge in [-0.3, -0.25) is 0 Å². The summed E-state index contributed by atoms with van der Waals surface area (Å²) >= 11 is 0. The maximum atomic E-state index is 4.79. The maximum Gasteiger partial charge on any atom is 0.123 e. The van der Waals surface area contributed by atoms with Crippen LogP contribution in [0, 0.1) is 0 Å². The van der Waals surface area contributed by atoms with Crippen LogP contribution < -0.4 is 10.6 Å². The first kappa shape index (κ1) is 19.5. The normalized spacial score (nSPS) is 21.5. The molecule has 0 amide bonds. The van der Waals surface area contributed by atoms with Crippen LogP contribution in [0.3, 0.4) is 0 Å². The Labute approximate surface area is 178 Å². The number of nitrogens with zero attached hydrogens (tertiary/aromatic N) is 2. The monoisotopic (exact) mass is 404 g/mol. The van der Waals surface area contributed by atoms with Crippen LogP contribution in [0.4, 0.5) is 0 Å². The molecule has 2 fully saturated rings. The van der Waals surface area contributed by atoms with Gasteiger partial charge in [0.2, 0.25) is 0 Å². The third-order valence-corrected chi connectivity index (χ3v) is 6.46. The lowest BCUT2D eigenvalue weighted by Crippen LogP contribution is -2.14. The molecule has 0 bridgehead atoms. The summed E-state index contributed by atoms with van der Waals surface area (Å²) in [7, 11) is 0. The third-order valence-electron chi connectivity index (χ3n) is 6.46. The summed E-state index contributed by atoms with van der Waals surface area (Å²) in [5.74, 6) is 2.20. The van der Waals surface area contributed by atoms with Crippen LogP contribution in [-0.2, 0) is 25.7 Å². The lowest BCUT2D eigenvalue weighted by Gasteiger charge is -2.06. The summed E-state index contributed by atoms with van der Waals surface area (Å²) in [5, 5.41) is 7.00. The van der Waals surface area contributed by atoms with Crippen LogP contribution in [-0.4, -0.2) is 33.0 Å². The number of H-pyrrole nitrogens is 2. The van der Waals surface area contributed by atoms with Crippen molar-refractivity contribution in [2.75, 3.05) is 13.1 Å². The van der Waals surface area contributed by atoms with Crippen molar-refractivity contribution in [2.24, 2.45) is 0 Å². The first-order chi connectivity index (χ1) is 14.8. The van der Waals surface area contributed by atoms with Crippen molar-refractivity contribution in [3.63, 3.8) is 0 Å². The van der Waals surface area contributed by atoms with E-state index in [1.54, 1.807) is 0 Å². The highest BCUT2D eigenvalue weighted by Crippen LogP contribution is 2.21. The van der Waals surface area contributed by atoms with E-state index in [1.807, 2.05) is 6.20 Å². The lowest BCUT2D eigenvalue weighted by molar-refractivity contribution is 0.611. The Morgan fingerprint density at radius 2 is 1.47 bits per heavy atom. The van der Waals surface area contributed by atoms with Crippen LogP contribution in [0.1, 0.15) is 71.9 Å². The van der Waals surface area contributed by atoms with E-state index in [2.05, 4.69) is 56.0 Å². The number of imidazole rings is 2. The number of aromatic nitrogens is 4. The first-order valence-corrected chi connectivity index (χ1v) is 11.5. The number of aryl methyl sites for hydroxylation is 4. The van der Waals surface area contributed by atoms with E-state index in [4.69, 9.17) is 4.98 Å². The Balaban J connectivity index is 1.10. The van der Waals surface area contributed by atoms with E-state index in [9.17, 15) is 0 Å². The number of hydrogen-bond donors (Lipinski definition) is 4. The molecule has 1 aromatic carbocycles. The number of nitrogens with one attached hydrogen (secondary N) is 4. The predicted molar refractivity (Wildman–Crippen MR) is 118 cm³/mol. The van der Waals surface area contributed by atoms with Gasteiger partial charge < -0.3 is 20.6 Å². The zero-order valence-corrected chi connectivity index (χ0v) is 17.6. The second kappa shape index (κ2) is 9.14. The number of aromatic amines is 2. The van der Waals surface area contributed by atoms with Crippen molar-refractivity contribution in [1.82, 2.24) is 30.6 Å². The molecule has 0 aliphatic carbocycles. The highest BCUT2D eigenvalue weighted by molar-refractivity contribution is 5.24. The molecule has 2 saturated heterocycles. The van der Waals surface area contributed by atoms with Crippen molar-refractivity contribution < 1.29 is 0 Å². The molecule has 0 spiro atoms. The SMILES string of the molecule is c1cc(CCc2cnc(C3CCCN3)[nH]2)ccc1CCc1c[nH]c(C2CCCN2)n1. The standard InChI is InChI=1S/C24H32N6/c1-3-21(25-13-1)23-27-15-19(29-23)11-9-17-5-7-18(8-6-17)10-12-20-16-28-24(30-20)22-4-2-14-26-22/h5-8,15-16,21-22,25-26H,1-4,9-14H2,(H,27,29)(H,28,30).